The van der Waals surface area contributed by atoms with Crippen LogP contribution in [0.2, 0.25) is 5.15 Å². The van der Waals surface area contributed by atoms with Gasteiger partial charge in [-0.2, -0.15) is 0 Å². The van der Waals surface area contributed by atoms with E-state index in [1.54, 1.807) is 0 Å². The Kier molecular flexibility index (Phi) is 1.71. The maximum absolute atomic E-state index is 12.3. The third-order valence-electron chi connectivity index (χ3n) is 0.817. The Balaban J connectivity index is 3.17. The highest BCUT2D eigenvalue weighted by Gasteiger charge is 1.97. The van der Waals surface area contributed by atoms with Crippen molar-refractivity contribution in [1.29, 1.82) is 0 Å². The molecule has 0 aliphatic rings. The predicted molar refractivity (Wildman–Crippen MR) is 34.6 cm³/mol. The van der Waals surface area contributed by atoms with Gasteiger partial charge in [-0.25, -0.2) is 9.37 Å². The lowest BCUT2D eigenvalue weighted by Crippen LogP contribution is -2.03. The van der Waals surface area contributed by atoms with E-state index in [-0.39, 0.29) is 10.6 Å². The van der Waals surface area contributed by atoms with Gasteiger partial charge in [-0.15, -0.1) is 0 Å². The molecular formula is C5H2BClFN. The van der Waals surface area contributed by atoms with Crippen molar-refractivity contribution in [3.8, 4) is 0 Å². The second kappa shape index (κ2) is 2.35. The lowest BCUT2D eigenvalue weighted by molar-refractivity contribution is 0.623. The molecule has 0 aromatic carbocycles. The Morgan fingerprint density at radius 2 is 2.33 bits per heavy atom. The van der Waals surface area contributed by atoms with Gasteiger partial charge in [0, 0.05) is 6.20 Å². The summed E-state index contributed by atoms with van der Waals surface area (Å²) >= 11 is 5.24. The summed E-state index contributed by atoms with van der Waals surface area (Å²) < 4.78 is 12.3. The van der Waals surface area contributed by atoms with E-state index in [2.05, 4.69) is 4.98 Å². The fourth-order valence-electron chi connectivity index (χ4n) is 0.436. The molecule has 44 valence electrons. The molecule has 0 atom stereocenters. The van der Waals surface area contributed by atoms with Crippen LogP contribution in [0.1, 0.15) is 0 Å². The number of nitrogens with zero attached hydrogens (tertiary/aromatic N) is 1. The smallest absolute Gasteiger partial charge is 0.164 e. The van der Waals surface area contributed by atoms with Gasteiger partial charge in [0.2, 0.25) is 0 Å². The monoisotopic (exact) mass is 141 g/mol. The van der Waals surface area contributed by atoms with E-state index in [0.29, 0.717) is 0 Å². The summed E-state index contributed by atoms with van der Waals surface area (Å²) in [7, 11) is 5.17. The van der Waals surface area contributed by atoms with Crippen LogP contribution < -0.4 is 5.46 Å². The Morgan fingerprint density at radius 1 is 1.67 bits per heavy atom. The zero-order chi connectivity index (χ0) is 6.85. The molecule has 0 aliphatic heterocycles. The van der Waals surface area contributed by atoms with Crippen LogP contribution in [0.15, 0.2) is 12.3 Å². The summed E-state index contributed by atoms with van der Waals surface area (Å²) in [6, 6.07) is 1.12. The van der Waals surface area contributed by atoms with Gasteiger partial charge in [0.1, 0.15) is 7.85 Å². The molecule has 1 rings (SSSR count). The van der Waals surface area contributed by atoms with E-state index in [1.165, 1.54) is 6.20 Å². The number of hydrogen-bond donors (Lipinski definition) is 0. The van der Waals surface area contributed by atoms with Crippen molar-refractivity contribution in [3.05, 3.63) is 23.2 Å². The van der Waals surface area contributed by atoms with Crippen LogP contribution in [0, 0.1) is 5.82 Å². The summed E-state index contributed by atoms with van der Waals surface area (Å²) in [4.78, 5) is 3.44. The molecular weight excluding hydrogens is 139 g/mol. The molecule has 0 aliphatic carbocycles. The molecule has 0 saturated carbocycles. The van der Waals surface area contributed by atoms with Crippen LogP contribution in [0.3, 0.4) is 0 Å². The van der Waals surface area contributed by atoms with E-state index in [4.69, 9.17) is 19.4 Å². The Bertz CT molecular complexity index is 228. The first-order valence-corrected chi connectivity index (χ1v) is 2.64. The van der Waals surface area contributed by atoms with E-state index >= 15 is 0 Å². The average Bonchev–Trinajstić information content (AvgIpc) is 1.80. The molecule has 1 heterocycles. The first kappa shape index (κ1) is 6.55. The van der Waals surface area contributed by atoms with Crippen molar-refractivity contribution in [1.82, 2.24) is 4.98 Å². The molecule has 0 bridgehead atoms. The topological polar surface area (TPSA) is 12.9 Å². The van der Waals surface area contributed by atoms with Crippen molar-refractivity contribution in [2.24, 2.45) is 0 Å². The normalized spacial score (nSPS) is 9.56. The van der Waals surface area contributed by atoms with Gasteiger partial charge in [-0.1, -0.05) is 17.1 Å². The molecule has 0 saturated heterocycles. The zero-order valence-electron chi connectivity index (χ0n) is 4.44. The average molecular weight is 141 g/mol. The molecule has 0 spiro atoms. The van der Waals surface area contributed by atoms with Crippen LogP contribution >= 0.6 is 11.6 Å². The van der Waals surface area contributed by atoms with Gasteiger partial charge in [-0.3, -0.25) is 0 Å². The van der Waals surface area contributed by atoms with Crippen molar-refractivity contribution in [3.63, 3.8) is 0 Å². The summed E-state index contributed by atoms with van der Waals surface area (Å²) in [5.41, 5.74) is 0.275. The Hall–Kier alpha value is -0.565. The minimum Gasteiger partial charge on any atom is -0.242 e. The van der Waals surface area contributed by atoms with Gasteiger partial charge in [0.05, 0.1) is 0 Å². The fourth-order valence-corrected chi connectivity index (χ4v) is 0.539. The molecule has 0 N–H and O–H groups in total. The van der Waals surface area contributed by atoms with Gasteiger partial charge in [0.25, 0.3) is 0 Å². The second-order valence-corrected chi connectivity index (χ2v) is 1.90. The van der Waals surface area contributed by atoms with Crippen molar-refractivity contribution < 1.29 is 4.39 Å². The van der Waals surface area contributed by atoms with Gasteiger partial charge in [-0.05, 0) is 6.07 Å². The largest absolute Gasteiger partial charge is 0.242 e. The molecule has 1 aromatic heterocycles. The molecule has 0 unspecified atom stereocenters. The minimum absolute atomic E-state index is 0.149. The van der Waals surface area contributed by atoms with Crippen molar-refractivity contribution >= 4 is 24.9 Å². The van der Waals surface area contributed by atoms with Crippen LogP contribution in [0.25, 0.3) is 0 Å². The first-order chi connectivity index (χ1) is 4.20. The highest BCUT2D eigenvalue weighted by Crippen LogP contribution is 2.05. The lowest BCUT2D eigenvalue weighted by Gasteiger charge is -1.92. The SMILES string of the molecule is [B]c1cnc(Cl)c(F)c1. The van der Waals surface area contributed by atoms with Crippen LogP contribution in [0.5, 0.6) is 0 Å². The molecule has 1 aromatic rings. The van der Waals surface area contributed by atoms with Gasteiger partial charge >= 0.3 is 0 Å². The Morgan fingerprint density at radius 3 is 2.78 bits per heavy atom. The quantitative estimate of drug-likeness (QED) is 0.382. The molecule has 0 fully saturated rings. The molecule has 2 radical (unpaired) electrons. The fraction of sp³-hybridized carbons (Fsp3) is 0. The van der Waals surface area contributed by atoms with Crippen molar-refractivity contribution in [2.45, 2.75) is 0 Å². The maximum atomic E-state index is 12.3. The number of halogens is 2. The molecule has 0 amide bonds. The summed E-state index contributed by atoms with van der Waals surface area (Å²) in [6.45, 7) is 0. The highest BCUT2D eigenvalue weighted by molar-refractivity contribution is 6.33. The molecule has 1 nitrogen and oxygen atoms in total. The zero-order valence-corrected chi connectivity index (χ0v) is 5.19. The van der Waals surface area contributed by atoms with Crippen LogP contribution in [0.4, 0.5) is 4.39 Å². The Labute approximate surface area is 58.3 Å². The highest BCUT2D eigenvalue weighted by atomic mass is 35.5. The van der Waals surface area contributed by atoms with E-state index < -0.39 is 5.82 Å². The summed E-state index contributed by atoms with van der Waals surface area (Å²) in [6.07, 6.45) is 1.30. The minimum atomic E-state index is -0.586. The third kappa shape index (κ3) is 1.42. The van der Waals surface area contributed by atoms with Crippen molar-refractivity contribution in [2.75, 3.05) is 0 Å². The van der Waals surface area contributed by atoms with Gasteiger partial charge < -0.3 is 0 Å². The third-order valence-corrected chi connectivity index (χ3v) is 1.10. The number of rotatable bonds is 0. The maximum Gasteiger partial charge on any atom is 0.164 e. The molecule has 9 heavy (non-hydrogen) atoms. The summed E-state index contributed by atoms with van der Waals surface area (Å²) in [5.74, 6) is -0.586. The number of pyridine rings is 1. The number of hydrogen-bond acceptors (Lipinski definition) is 1. The van der Waals surface area contributed by atoms with Crippen LogP contribution in [-0.2, 0) is 0 Å². The van der Waals surface area contributed by atoms with E-state index in [1.807, 2.05) is 0 Å². The number of aromatic nitrogens is 1. The molecule has 4 heteroatoms. The van der Waals surface area contributed by atoms with E-state index in [0.717, 1.165) is 6.07 Å². The summed E-state index contributed by atoms with van der Waals surface area (Å²) in [5, 5.41) is -0.149. The van der Waals surface area contributed by atoms with Crippen LogP contribution in [-0.4, -0.2) is 12.8 Å². The van der Waals surface area contributed by atoms with Gasteiger partial charge in [0.15, 0.2) is 11.0 Å². The van der Waals surface area contributed by atoms with E-state index in [9.17, 15) is 4.39 Å². The standard InChI is InChI=1S/C5H2BClFN/c6-3-1-4(8)5(7)9-2-3/h1-2H. The first-order valence-electron chi connectivity index (χ1n) is 2.26. The lowest BCUT2D eigenvalue weighted by atomic mass is 9.99. The second-order valence-electron chi connectivity index (χ2n) is 1.54. The predicted octanol–water partition coefficient (Wildman–Crippen LogP) is 0.668.